The van der Waals surface area contributed by atoms with E-state index >= 15 is 0 Å². The minimum absolute atomic E-state index is 0.238. The molecule has 4 heteroatoms. The van der Waals surface area contributed by atoms with Crippen LogP contribution < -0.4 is 5.73 Å². The maximum Gasteiger partial charge on any atom is 0.336 e. The van der Waals surface area contributed by atoms with E-state index in [1.165, 1.54) is 6.08 Å². The second-order valence-electron chi connectivity index (χ2n) is 3.79. The van der Waals surface area contributed by atoms with Crippen LogP contribution in [0, 0.1) is 0 Å². The summed E-state index contributed by atoms with van der Waals surface area (Å²) in [5.74, 6) is -1.52. The minimum Gasteiger partial charge on any atom is -0.478 e. The topological polar surface area (TPSA) is 80.4 Å². The zero-order valence-corrected chi connectivity index (χ0v) is 9.46. The van der Waals surface area contributed by atoms with Crippen molar-refractivity contribution in [2.75, 3.05) is 0 Å². The van der Waals surface area contributed by atoms with Crippen LogP contribution in [0.3, 0.4) is 0 Å². The maximum atomic E-state index is 11.1. The molecule has 0 atom stereocenters. The Hall–Kier alpha value is -2.62. The molecule has 0 bridgehead atoms. The van der Waals surface area contributed by atoms with E-state index in [1.807, 2.05) is 6.07 Å². The molecule has 0 aliphatic heterocycles. The Bertz CT molecular complexity index is 659. The largest absolute Gasteiger partial charge is 0.478 e. The van der Waals surface area contributed by atoms with Crippen molar-refractivity contribution in [2.24, 2.45) is 5.73 Å². The number of carbonyl (C=O) groups is 2. The third-order valence-corrected chi connectivity index (χ3v) is 2.61. The molecule has 0 saturated carbocycles. The van der Waals surface area contributed by atoms with Gasteiger partial charge in [0.25, 0.3) is 0 Å². The molecule has 90 valence electrons. The fourth-order valence-electron chi connectivity index (χ4n) is 1.84. The quantitative estimate of drug-likeness (QED) is 0.807. The lowest BCUT2D eigenvalue weighted by Crippen LogP contribution is -2.05. The normalized spacial score (nSPS) is 10.9. The van der Waals surface area contributed by atoms with E-state index in [0.717, 1.165) is 10.9 Å². The van der Waals surface area contributed by atoms with Crippen molar-refractivity contribution < 1.29 is 14.7 Å². The lowest BCUT2D eigenvalue weighted by Gasteiger charge is -2.05. The molecule has 0 spiro atoms. The van der Waals surface area contributed by atoms with Crippen LogP contribution in [-0.2, 0) is 4.79 Å². The molecule has 2 aromatic carbocycles. The van der Waals surface area contributed by atoms with Crippen LogP contribution in [0.4, 0.5) is 0 Å². The Labute approximate surface area is 103 Å². The summed E-state index contributed by atoms with van der Waals surface area (Å²) in [5, 5.41) is 10.5. The predicted octanol–water partition coefficient (Wildman–Crippen LogP) is 2.04. The van der Waals surface area contributed by atoms with E-state index in [2.05, 4.69) is 0 Å². The van der Waals surface area contributed by atoms with Gasteiger partial charge in [0, 0.05) is 6.08 Å². The zero-order chi connectivity index (χ0) is 13.1. The molecular formula is C14H11NO3. The van der Waals surface area contributed by atoms with Crippen molar-refractivity contribution in [1.29, 1.82) is 0 Å². The Morgan fingerprint density at radius 1 is 1.06 bits per heavy atom. The van der Waals surface area contributed by atoms with Gasteiger partial charge in [0.1, 0.15) is 0 Å². The number of nitrogens with two attached hydrogens (primary N) is 1. The van der Waals surface area contributed by atoms with Crippen molar-refractivity contribution in [3.8, 4) is 0 Å². The van der Waals surface area contributed by atoms with Crippen LogP contribution in [0.1, 0.15) is 15.9 Å². The third-order valence-electron chi connectivity index (χ3n) is 2.61. The van der Waals surface area contributed by atoms with E-state index in [0.29, 0.717) is 5.39 Å². The van der Waals surface area contributed by atoms with Gasteiger partial charge in [-0.25, -0.2) is 4.79 Å². The number of fused-ring (bicyclic) bond motifs is 1. The average molecular weight is 241 g/mol. The van der Waals surface area contributed by atoms with Gasteiger partial charge in [-0.1, -0.05) is 30.3 Å². The zero-order valence-electron chi connectivity index (χ0n) is 9.46. The van der Waals surface area contributed by atoms with Crippen LogP contribution in [0.5, 0.6) is 0 Å². The fraction of sp³-hybridized carbons (Fsp3) is 0. The summed E-state index contributed by atoms with van der Waals surface area (Å²) in [4.78, 5) is 21.8. The molecule has 0 heterocycles. The molecule has 1 amide bonds. The third kappa shape index (κ3) is 2.22. The van der Waals surface area contributed by atoms with E-state index < -0.39 is 11.9 Å². The van der Waals surface area contributed by atoms with Gasteiger partial charge in [0.2, 0.25) is 5.91 Å². The number of aromatic carboxylic acids is 1. The first-order valence-electron chi connectivity index (χ1n) is 5.32. The average Bonchev–Trinajstić information content (AvgIpc) is 2.35. The van der Waals surface area contributed by atoms with Gasteiger partial charge < -0.3 is 10.8 Å². The van der Waals surface area contributed by atoms with E-state index in [-0.39, 0.29) is 5.56 Å². The van der Waals surface area contributed by atoms with Crippen molar-refractivity contribution >= 4 is 28.7 Å². The number of carbonyl (C=O) groups excluding carboxylic acids is 1. The molecule has 0 aromatic heterocycles. The van der Waals surface area contributed by atoms with Gasteiger partial charge in [-0.3, -0.25) is 4.79 Å². The fourth-order valence-corrected chi connectivity index (χ4v) is 1.84. The summed E-state index contributed by atoms with van der Waals surface area (Å²) >= 11 is 0. The Morgan fingerprint density at radius 3 is 2.39 bits per heavy atom. The summed E-state index contributed by atoms with van der Waals surface area (Å²) in [5.41, 5.74) is 6.04. The second-order valence-corrected chi connectivity index (χ2v) is 3.79. The second kappa shape index (κ2) is 4.71. The highest BCUT2D eigenvalue weighted by Crippen LogP contribution is 2.23. The summed E-state index contributed by atoms with van der Waals surface area (Å²) in [6.07, 6.45) is 2.83. The number of benzene rings is 2. The number of rotatable bonds is 3. The van der Waals surface area contributed by atoms with Crippen molar-refractivity contribution in [3.63, 3.8) is 0 Å². The number of primary amides is 1. The number of hydrogen-bond donors (Lipinski definition) is 2. The van der Waals surface area contributed by atoms with Crippen LogP contribution in [0.15, 0.2) is 42.5 Å². The molecule has 2 rings (SSSR count). The SMILES string of the molecule is NC(=O)C=Cc1cccc2c(C(=O)O)cccc12. The Morgan fingerprint density at radius 2 is 1.72 bits per heavy atom. The summed E-state index contributed by atoms with van der Waals surface area (Å²) < 4.78 is 0. The molecule has 2 aromatic rings. The maximum absolute atomic E-state index is 11.1. The predicted molar refractivity (Wildman–Crippen MR) is 69.1 cm³/mol. The first-order chi connectivity index (χ1) is 8.59. The highest BCUT2D eigenvalue weighted by molar-refractivity contribution is 6.06. The van der Waals surface area contributed by atoms with Crippen molar-refractivity contribution in [1.82, 2.24) is 0 Å². The summed E-state index contributed by atoms with van der Waals surface area (Å²) in [6.45, 7) is 0. The minimum atomic E-state index is -0.975. The molecular weight excluding hydrogens is 230 g/mol. The van der Waals surface area contributed by atoms with E-state index in [1.54, 1.807) is 36.4 Å². The molecule has 4 nitrogen and oxygen atoms in total. The molecule has 0 fully saturated rings. The molecule has 0 aliphatic rings. The molecule has 0 unspecified atom stereocenters. The van der Waals surface area contributed by atoms with Gasteiger partial charge in [-0.15, -0.1) is 0 Å². The van der Waals surface area contributed by atoms with Gasteiger partial charge in [0.15, 0.2) is 0 Å². The molecule has 0 saturated heterocycles. The molecule has 3 N–H and O–H groups in total. The monoisotopic (exact) mass is 241 g/mol. The molecule has 0 radical (unpaired) electrons. The lowest BCUT2D eigenvalue weighted by atomic mass is 10.00. The van der Waals surface area contributed by atoms with Crippen LogP contribution >= 0.6 is 0 Å². The van der Waals surface area contributed by atoms with Crippen molar-refractivity contribution in [2.45, 2.75) is 0 Å². The van der Waals surface area contributed by atoms with Crippen LogP contribution in [0.25, 0.3) is 16.8 Å². The molecule has 18 heavy (non-hydrogen) atoms. The van der Waals surface area contributed by atoms with Gasteiger partial charge >= 0.3 is 5.97 Å². The van der Waals surface area contributed by atoms with Crippen molar-refractivity contribution in [3.05, 3.63) is 53.6 Å². The lowest BCUT2D eigenvalue weighted by molar-refractivity contribution is -0.113. The first-order valence-corrected chi connectivity index (χ1v) is 5.32. The summed E-state index contributed by atoms with van der Waals surface area (Å²) in [6, 6.07) is 10.3. The van der Waals surface area contributed by atoms with Gasteiger partial charge in [-0.2, -0.15) is 0 Å². The Kier molecular flexibility index (Phi) is 3.10. The number of amides is 1. The van der Waals surface area contributed by atoms with Gasteiger partial charge in [0.05, 0.1) is 5.56 Å². The van der Waals surface area contributed by atoms with Crippen LogP contribution in [0.2, 0.25) is 0 Å². The molecule has 0 aliphatic carbocycles. The number of hydrogen-bond acceptors (Lipinski definition) is 2. The first kappa shape index (κ1) is 11.9. The number of carboxylic acid groups (broad SMARTS) is 1. The van der Waals surface area contributed by atoms with Gasteiger partial charge in [-0.05, 0) is 28.5 Å². The smallest absolute Gasteiger partial charge is 0.336 e. The number of carboxylic acids is 1. The Balaban J connectivity index is 2.67. The standard InChI is InChI=1S/C14H11NO3/c15-13(16)8-7-9-3-1-5-11-10(9)4-2-6-12(11)14(17)18/h1-8H,(H2,15,16)(H,17,18). The summed E-state index contributed by atoms with van der Waals surface area (Å²) in [7, 11) is 0. The highest BCUT2D eigenvalue weighted by atomic mass is 16.4. The van der Waals surface area contributed by atoms with E-state index in [4.69, 9.17) is 10.8 Å². The van der Waals surface area contributed by atoms with E-state index in [9.17, 15) is 9.59 Å². The van der Waals surface area contributed by atoms with Crippen LogP contribution in [-0.4, -0.2) is 17.0 Å². The highest BCUT2D eigenvalue weighted by Gasteiger charge is 2.08.